The van der Waals surface area contributed by atoms with Gasteiger partial charge in [0.15, 0.2) is 0 Å². The lowest BCUT2D eigenvalue weighted by Gasteiger charge is -2.33. The minimum absolute atomic E-state index is 0.0119. The van der Waals surface area contributed by atoms with Gasteiger partial charge in [-0.25, -0.2) is 8.42 Å². The molecule has 0 N–H and O–H groups in total. The van der Waals surface area contributed by atoms with Crippen LogP contribution < -0.4 is 0 Å². The molecule has 1 saturated heterocycles. The minimum atomic E-state index is -3.15. The summed E-state index contributed by atoms with van der Waals surface area (Å²) in [6.07, 6.45) is 4.54. The van der Waals surface area contributed by atoms with E-state index < -0.39 is 10.0 Å². The van der Waals surface area contributed by atoms with Crippen LogP contribution in [0.15, 0.2) is 18.2 Å². The summed E-state index contributed by atoms with van der Waals surface area (Å²) in [6, 6.07) is 5.96. The zero-order valence-electron chi connectivity index (χ0n) is 12.2. The highest BCUT2D eigenvalue weighted by Gasteiger charge is 2.27. The van der Waals surface area contributed by atoms with Gasteiger partial charge >= 0.3 is 0 Å². The average Bonchev–Trinajstić information content (AvgIpc) is 2.93. The van der Waals surface area contributed by atoms with E-state index in [-0.39, 0.29) is 5.91 Å². The van der Waals surface area contributed by atoms with Gasteiger partial charge in [-0.15, -0.1) is 0 Å². The molecular weight excluding hydrogens is 288 g/mol. The summed E-state index contributed by atoms with van der Waals surface area (Å²) in [7, 11) is -3.15. The van der Waals surface area contributed by atoms with Gasteiger partial charge in [0.05, 0.1) is 6.26 Å². The van der Waals surface area contributed by atoms with Gasteiger partial charge in [-0.1, -0.05) is 6.07 Å². The number of benzene rings is 1. The van der Waals surface area contributed by atoms with Crippen molar-refractivity contribution in [3.05, 3.63) is 34.9 Å². The van der Waals surface area contributed by atoms with Crippen molar-refractivity contribution < 1.29 is 13.2 Å². The van der Waals surface area contributed by atoms with Crippen LogP contribution in [0.25, 0.3) is 0 Å². The largest absolute Gasteiger partial charge is 0.336 e. The molecule has 1 amide bonds. The van der Waals surface area contributed by atoms with E-state index in [4.69, 9.17) is 0 Å². The molecule has 3 rings (SSSR count). The molecule has 0 radical (unpaired) electrons. The molecule has 0 saturated carbocycles. The average molecular weight is 308 g/mol. The maximum absolute atomic E-state index is 12.5. The Morgan fingerprint density at radius 1 is 1.05 bits per heavy atom. The monoisotopic (exact) mass is 308 g/mol. The third kappa shape index (κ3) is 2.96. The van der Waals surface area contributed by atoms with Crippen molar-refractivity contribution in [2.24, 2.45) is 0 Å². The van der Waals surface area contributed by atoms with Crippen molar-refractivity contribution in [3.8, 4) is 0 Å². The second kappa shape index (κ2) is 5.42. The van der Waals surface area contributed by atoms with Crippen molar-refractivity contribution >= 4 is 15.9 Å². The van der Waals surface area contributed by atoms with E-state index in [9.17, 15) is 13.2 Å². The summed E-state index contributed by atoms with van der Waals surface area (Å²) in [6.45, 7) is 1.69. The molecule has 1 fully saturated rings. The standard InChI is InChI=1S/C15H20N2O3S/c1-21(19,20)17-9-7-16(8-10-17)15(18)14-6-5-12-3-2-4-13(12)11-14/h5-6,11H,2-4,7-10H2,1H3. The first kappa shape index (κ1) is 14.5. The van der Waals surface area contributed by atoms with Crippen LogP contribution in [-0.4, -0.2) is 56.0 Å². The number of fused-ring (bicyclic) bond motifs is 1. The normalized spacial score (nSPS) is 19.6. The smallest absolute Gasteiger partial charge is 0.253 e. The van der Waals surface area contributed by atoms with Crippen LogP contribution in [0.1, 0.15) is 27.9 Å². The van der Waals surface area contributed by atoms with Crippen LogP contribution in [0.4, 0.5) is 0 Å². The van der Waals surface area contributed by atoms with E-state index in [1.807, 2.05) is 12.1 Å². The van der Waals surface area contributed by atoms with Gasteiger partial charge in [-0.2, -0.15) is 4.31 Å². The molecule has 6 heteroatoms. The summed E-state index contributed by atoms with van der Waals surface area (Å²) in [4.78, 5) is 14.3. The van der Waals surface area contributed by atoms with E-state index in [2.05, 4.69) is 6.07 Å². The third-order valence-corrected chi connectivity index (χ3v) is 5.64. The number of sulfonamides is 1. The number of hydrogen-bond donors (Lipinski definition) is 0. The Hall–Kier alpha value is -1.40. The molecular formula is C15H20N2O3S. The second-order valence-electron chi connectivity index (χ2n) is 5.79. The highest BCUT2D eigenvalue weighted by Crippen LogP contribution is 2.23. The van der Waals surface area contributed by atoms with Crippen LogP contribution in [0.5, 0.6) is 0 Å². The van der Waals surface area contributed by atoms with Crippen molar-refractivity contribution in [1.82, 2.24) is 9.21 Å². The van der Waals surface area contributed by atoms with Gasteiger partial charge in [-0.3, -0.25) is 4.79 Å². The predicted molar refractivity (Wildman–Crippen MR) is 80.8 cm³/mol. The number of rotatable bonds is 2. The van der Waals surface area contributed by atoms with Crippen LogP contribution >= 0.6 is 0 Å². The topological polar surface area (TPSA) is 57.7 Å². The molecule has 1 aliphatic carbocycles. The van der Waals surface area contributed by atoms with Crippen molar-refractivity contribution in [2.45, 2.75) is 19.3 Å². The van der Waals surface area contributed by atoms with Crippen LogP contribution in [0, 0.1) is 0 Å². The quantitative estimate of drug-likeness (QED) is 0.815. The molecule has 5 nitrogen and oxygen atoms in total. The van der Waals surface area contributed by atoms with E-state index in [1.54, 1.807) is 4.90 Å². The molecule has 1 heterocycles. The Morgan fingerprint density at radius 2 is 1.71 bits per heavy atom. The number of piperazine rings is 1. The Bertz CT molecular complexity index is 661. The molecule has 0 spiro atoms. The van der Waals surface area contributed by atoms with Crippen molar-refractivity contribution in [1.29, 1.82) is 0 Å². The fraction of sp³-hybridized carbons (Fsp3) is 0.533. The lowest BCUT2D eigenvalue weighted by Crippen LogP contribution is -2.50. The summed E-state index contributed by atoms with van der Waals surface area (Å²) in [5, 5.41) is 0. The molecule has 2 aliphatic rings. The number of nitrogens with zero attached hydrogens (tertiary/aromatic N) is 2. The molecule has 1 aromatic carbocycles. The summed E-state index contributed by atoms with van der Waals surface area (Å²) in [5.41, 5.74) is 3.37. The second-order valence-corrected chi connectivity index (χ2v) is 7.77. The van der Waals surface area contributed by atoms with Crippen LogP contribution in [0.2, 0.25) is 0 Å². The Balaban J connectivity index is 1.70. The molecule has 1 aromatic rings. The van der Waals surface area contributed by atoms with E-state index in [1.165, 1.54) is 28.1 Å². The number of hydrogen-bond acceptors (Lipinski definition) is 3. The zero-order valence-corrected chi connectivity index (χ0v) is 13.0. The zero-order chi connectivity index (χ0) is 15.0. The Labute approximate surface area is 125 Å². The molecule has 0 bridgehead atoms. The van der Waals surface area contributed by atoms with Crippen LogP contribution in [0.3, 0.4) is 0 Å². The number of aryl methyl sites for hydroxylation is 2. The summed E-state index contributed by atoms with van der Waals surface area (Å²) in [5.74, 6) is 0.0119. The summed E-state index contributed by atoms with van der Waals surface area (Å²) >= 11 is 0. The van der Waals surface area contributed by atoms with Gasteiger partial charge in [0, 0.05) is 31.7 Å². The fourth-order valence-electron chi connectivity index (χ4n) is 3.11. The molecule has 114 valence electrons. The maximum Gasteiger partial charge on any atom is 0.253 e. The summed E-state index contributed by atoms with van der Waals surface area (Å²) < 4.78 is 24.4. The number of amides is 1. The van der Waals surface area contributed by atoms with Crippen LogP contribution in [-0.2, 0) is 22.9 Å². The highest BCUT2D eigenvalue weighted by atomic mass is 32.2. The SMILES string of the molecule is CS(=O)(=O)N1CCN(C(=O)c2ccc3c(c2)CCC3)CC1. The van der Waals surface area contributed by atoms with E-state index >= 15 is 0 Å². The fourth-order valence-corrected chi connectivity index (χ4v) is 3.94. The molecule has 21 heavy (non-hydrogen) atoms. The van der Waals surface area contributed by atoms with Crippen molar-refractivity contribution in [3.63, 3.8) is 0 Å². The number of carbonyl (C=O) groups is 1. The Morgan fingerprint density at radius 3 is 2.38 bits per heavy atom. The minimum Gasteiger partial charge on any atom is -0.336 e. The van der Waals surface area contributed by atoms with Gasteiger partial charge in [0.25, 0.3) is 5.91 Å². The molecule has 0 unspecified atom stereocenters. The van der Waals surface area contributed by atoms with Gasteiger partial charge in [0.2, 0.25) is 10.0 Å². The molecule has 1 aliphatic heterocycles. The lowest BCUT2D eigenvalue weighted by atomic mass is 10.1. The maximum atomic E-state index is 12.5. The van der Waals surface area contributed by atoms with E-state index in [0.29, 0.717) is 26.2 Å². The third-order valence-electron chi connectivity index (χ3n) is 4.34. The lowest BCUT2D eigenvalue weighted by molar-refractivity contribution is 0.0698. The van der Waals surface area contributed by atoms with Gasteiger partial charge in [0.1, 0.15) is 0 Å². The number of carbonyl (C=O) groups excluding carboxylic acids is 1. The van der Waals surface area contributed by atoms with Gasteiger partial charge in [-0.05, 0) is 42.5 Å². The molecule has 0 atom stereocenters. The van der Waals surface area contributed by atoms with Gasteiger partial charge < -0.3 is 4.90 Å². The van der Waals surface area contributed by atoms with Crippen molar-refractivity contribution in [2.75, 3.05) is 32.4 Å². The first-order chi connectivity index (χ1) is 9.95. The predicted octanol–water partition coefficient (Wildman–Crippen LogP) is 0.893. The highest BCUT2D eigenvalue weighted by molar-refractivity contribution is 7.88. The first-order valence-corrected chi connectivity index (χ1v) is 9.16. The van der Waals surface area contributed by atoms with E-state index in [0.717, 1.165) is 18.4 Å². The molecule has 0 aromatic heterocycles. The first-order valence-electron chi connectivity index (χ1n) is 7.31. The Kier molecular flexibility index (Phi) is 3.75.